The van der Waals surface area contributed by atoms with E-state index in [4.69, 9.17) is 0 Å². The number of hydrogen-bond donors (Lipinski definition) is 1. The number of rotatable bonds is 0. The van der Waals surface area contributed by atoms with Crippen molar-refractivity contribution in [2.75, 3.05) is 0 Å². The molecule has 4 heteroatoms. The smallest absolute Gasteiger partial charge is 0.267 e. The summed E-state index contributed by atoms with van der Waals surface area (Å²) in [5.41, 5.74) is -0.136. The summed E-state index contributed by atoms with van der Waals surface area (Å²) < 4.78 is 0. The fraction of sp³-hybridized carbons (Fsp3) is 0. The molecule has 0 radical (unpaired) electrons. The van der Waals surface area contributed by atoms with Crippen molar-refractivity contribution in [2.45, 2.75) is 0 Å². The standard InChI is InChI=1S/C8H6N2O.Li/c11-8-7-4-2-1-3-6(7)5-9-10-8;/h1-5H,(H,10,11);/q;+1. The van der Waals surface area contributed by atoms with Gasteiger partial charge in [0.1, 0.15) is 0 Å². The molecular weight excluding hydrogens is 147 g/mol. The second-order valence-corrected chi connectivity index (χ2v) is 2.29. The third-order valence-corrected chi connectivity index (χ3v) is 1.58. The molecule has 0 aliphatic carbocycles. The largest absolute Gasteiger partial charge is 1.00 e. The summed E-state index contributed by atoms with van der Waals surface area (Å²) in [6.07, 6.45) is 1.64. The normalized spacial score (nSPS) is 9.33. The number of nitrogens with one attached hydrogen (secondary N) is 1. The van der Waals surface area contributed by atoms with Gasteiger partial charge in [-0.15, -0.1) is 0 Å². The second-order valence-electron chi connectivity index (χ2n) is 2.29. The Morgan fingerprint density at radius 2 is 2.00 bits per heavy atom. The van der Waals surface area contributed by atoms with E-state index in [1.807, 2.05) is 18.2 Å². The van der Waals surface area contributed by atoms with Crippen LogP contribution in [0.1, 0.15) is 0 Å². The van der Waals surface area contributed by atoms with Crippen LogP contribution in [0.5, 0.6) is 0 Å². The molecule has 0 fully saturated rings. The molecule has 1 heterocycles. The maximum atomic E-state index is 11.1. The minimum absolute atomic E-state index is 0. The fourth-order valence-electron chi connectivity index (χ4n) is 1.04. The van der Waals surface area contributed by atoms with Crippen molar-refractivity contribution in [3.05, 3.63) is 40.8 Å². The maximum absolute atomic E-state index is 11.1. The van der Waals surface area contributed by atoms with Crippen LogP contribution in [-0.4, -0.2) is 10.2 Å². The van der Waals surface area contributed by atoms with Gasteiger partial charge in [0.15, 0.2) is 0 Å². The van der Waals surface area contributed by atoms with Crippen molar-refractivity contribution in [2.24, 2.45) is 0 Å². The fourth-order valence-corrected chi connectivity index (χ4v) is 1.04. The van der Waals surface area contributed by atoms with Gasteiger partial charge in [-0.05, 0) is 6.07 Å². The van der Waals surface area contributed by atoms with Gasteiger partial charge in [0.2, 0.25) is 0 Å². The molecule has 0 saturated carbocycles. The first-order valence-corrected chi connectivity index (χ1v) is 3.30. The summed E-state index contributed by atoms with van der Waals surface area (Å²) in [4.78, 5) is 11.1. The van der Waals surface area contributed by atoms with Crippen molar-refractivity contribution >= 4 is 10.8 Å². The molecule has 12 heavy (non-hydrogen) atoms. The molecule has 0 spiro atoms. The molecule has 1 N–H and O–H groups in total. The topological polar surface area (TPSA) is 45.8 Å². The van der Waals surface area contributed by atoms with Crippen LogP contribution in [0.25, 0.3) is 10.8 Å². The summed E-state index contributed by atoms with van der Waals surface area (Å²) >= 11 is 0. The third-order valence-electron chi connectivity index (χ3n) is 1.58. The number of benzene rings is 1. The second kappa shape index (κ2) is 3.57. The molecule has 2 aromatic rings. The van der Waals surface area contributed by atoms with E-state index in [0.29, 0.717) is 5.39 Å². The number of aromatic amines is 1. The van der Waals surface area contributed by atoms with Gasteiger partial charge < -0.3 is 0 Å². The Labute approximate surface area is 81.0 Å². The molecule has 0 unspecified atom stereocenters. The van der Waals surface area contributed by atoms with E-state index in [2.05, 4.69) is 10.2 Å². The van der Waals surface area contributed by atoms with Gasteiger partial charge in [-0.3, -0.25) is 4.79 Å². The number of hydrogen-bond acceptors (Lipinski definition) is 2. The zero-order valence-electron chi connectivity index (χ0n) is 6.74. The summed E-state index contributed by atoms with van der Waals surface area (Å²) in [5.74, 6) is 0. The van der Waals surface area contributed by atoms with Gasteiger partial charge in [0, 0.05) is 10.8 Å². The van der Waals surface area contributed by atoms with Crippen molar-refractivity contribution in [3.63, 3.8) is 0 Å². The summed E-state index contributed by atoms with van der Waals surface area (Å²) in [6.45, 7) is 0. The minimum atomic E-state index is -0.136. The Kier molecular flexibility index (Phi) is 2.69. The van der Waals surface area contributed by atoms with Crippen LogP contribution in [0.15, 0.2) is 35.3 Å². The summed E-state index contributed by atoms with van der Waals surface area (Å²) in [6, 6.07) is 7.34. The van der Waals surface area contributed by atoms with E-state index in [9.17, 15) is 4.79 Å². The molecule has 2 rings (SSSR count). The molecule has 0 amide bonds. The van der Waals surface area contributed by atoms with E-state index in [1.165, 1.54) is 0 Å². The molecule has 3 nitrogen and oxygen atoms in total. The number of aromatic nitrogens is 2. The Balaban J connectivity index is 0.000000720. The summed E-state index contributed by atoms with van der Waals surface area (Å²) in [5, 5.41) is 7.60. The minimum Gasteiger partial charge on any atom is -0.267 e. The Morgan fingerprint density at radius 3 is 2.75 bits per heavy atom. The molecule has 1 aromatic carbocycles. The quantitative estimate of drug-likeness (QED) is 0.442. The van der Waals surface area contributed by atoms with Crippen molar-refractivity contribution < 1.29 is 18.9 Å². The van der Waals surface area contributed by atoms with E-state index >= 15 is 0 Å². The average Bonchev–Trinajstić information content (AvgIpc) is 2.06. The summed E-state index contributed by atoms with van der Waals surface area (Å²) in [7, 11) is 0. The molecule has 0 aliphatic heterocycles. The number of fused-ring (bicyclic) bond motifs is 1. The van der Waals surface area contributed by atoms with E-state index in [-0.39, 0.29) is 24.4 Å². The van der Waals surface area contributed by atoms with Crippen LogP contribution >= 0.6 is 0 Å². The first-order valence-electron chi connectivity index (χ1n) is 3.30. The van der Waals surface area contributed by atoms with Gasteiger partial charge in [-0.1, -0.05) is 18.2 Å². The Bertz CT molecular complexity index is 433. The molecular formula is C8H6LiN2O+. The van der Waals surface area contributed by atoms with Gasteiger partial charge >= 0.3 is 18.9 Å². The Morgan fingerprint density at radius 1 is 1.25 bits per heavy atom. The number of H-pyrrole nitrogens is 1. The van der Waals surface area contributed by atoms with Gasteiger partial charge in [-0.2, -0.15) is 5.10 Å². The first kappa shape index (κ1) is 9.05. The van der Waals surface area contributed by atoms with Crippen LogP contribution in [0.4, 0.5) is 0 Å². The van der Waals surface area contributed by atoms with Crippen LogP contribution in [0, 0.1) is 0 Å². The van der Waals surface area contributed by atoms with Crippen molar-refractivity contribution in [1.29, 1.82) is 0 Å². The van der Waals surface area contributed by atoms with Crippen LogP contribution in [0.3, 0.4) is 0 Å². The average molecular weight is 153 g/mol. The first-order chi connectivity index (χ1) is 5.38. The zero-order chi connectivity index (χ0) is 7.68. The van der Waals surface area contributed by atoms with Crippen LogP contribution < -0.4 is 24.4 Å². The van der Waals surface area contributed by atoms with Crippen molar-refractivity contribution in [1.82, 2.24) is 10.2 Å². The third kappa shape index (κ3) is 1.42. The maximum Gasteiger partial charge on any atom is 1.00 e. The molecule has 1 aromatic heterocycles. The van der Waals surface area contributed by atoms with Gasteiger partial charge in [-0.25, -0.2) is 5.10 Å². The van der Waals surface area contributed by atoms with E-state index < -0.39 is 0 Å². The molecule has 54 valence electrons. The molecule has 0 saturated heterocycles. The predicted octanol–water partition coefficient (Wildman–Crippen LogP) is -2.07. The SMILES string of the molecule is O=c1[nH]ncc2ccccc12.[Li+]. The van der Waals surface area contributed by atoms with Crippen LogP contribution in [0.2, 0.25) is 0 Å². The molecule has 0 atom stereocenters. The monoisotopic (exact) mass is 153 g/mol. The zero-order valence-corrected chi connectivity index (χ0v) is 6.74. The van der Waals surface area contributed by atoms with Gasteiger partial charge in [0.05, 0.1) is 6.20 Å². The van der Waals surface area contributed by atoms with Gasteiger partial charge in [0.25, 0.3) is 5.56 Å². The van der Waals surface area contributed by atoms with Crippen LogP contribution in [-0.2, 0) is 0 Å². The van der Waals surface area contributed by atoms with E-state index in [1.54, 1.807) is 12.3 Å². The number of nitrogens with zero attached hydrogens (tertiary/aromatic N) is 1. The molecule has 0 bridgehead atoms. The van der Waals surface area contributed by atoms with E-state index in [0.717, 1.165) is 5.39 Å². The molecule has 0 aliphatic rings. The predicted molar refractivity (Wildman–Crippen MR) is 42.4 cm³/mol. The van der Waals surface area contributed by atoms with Crippen molar-refractivity contribution in [3.8, 4) is 0 Å². The Hall–Kier alpha value is -1.04.